The van der Waals surface area contributed by atoms with Crippen LogP contribution in [0.1, 0.15) is 44.6 Å². The molecule has 1 aromatic heterocycles. The largest absolute Gasteiger partial charge is 0.296 e. The predicted molar refractivity (Wildman–Crippen MR) is 62.1 cm³/mol. The maximum absolute atomic E-state index is 9.98. The highest BCUT2D eigenvalue weighted by Crippen LogP contribution is 2.14. The van der Waals surface area contributed by atoms with E-state index < -0.39 is 0 Å². The van der Waals surface area contributed by atoms with Crippen molar-refractivity contribution in [2.45, 2.75) is 38.3 Å². The average molecular weight is 219 g/mol. The van der Waals surface area contributed by atoms with Crippen LogP contribution in [0.5, 0.6) is 0 Å². The Labute approximate surface area is 89.8 Å². The molecule has 1 heterocycles. The van der Waals surface area contributed by atoms with E-state index >= 15 is 0 Å². The van der Waals surface area contributed by atoms with Crippen molar-refractivity contribution in [3.63, 3.8) is 0 Å². The minimum Gasteiger partial charge on any atom is -0.296 e. The van der Waals surface area contributed by atoms with Gasteiger partial charge in [-0.05, 0) is 0 Å². The van der Waals surface area contributed by atoms with E-state index in [9.17, 15) is 4.79 Å². The van der Waals surface area contributed by atoms with Crippen LogP contribution in [0, 0.1) is 0 Å². The number of aromatic nitrogens is 1. The molecule has 4 heteroatoms. The van der Waals surface area contributed by atoms with Crippen LogP contribution in [0.25, 0.3) is 0 Å². The van der Waals surface area contributed by atoms with E-state index in [1.165, 1.54) is 17.8 Å². The van der Waals surface area contributed by atoms with E-state index in [-0.39, 0.29) is 0 Å². The monoisotopic (exact) mass is 219 g/mol. The molecule has 2 nitrogen and oxygen atoms in total. The van der Waals surface area contributed by atoms with Gasteiger partial charge >= 0.3 is 0 Å². The first-order chi connectivity index (χ1) is 6.26. The molecule has 0 aliphatic rings. The van der Waals surface area contributed by atoms with Crippen molar-refractivity contribution >= 4 is 30.3 Å². The number of thiol groups is 1. The Kier molecular flexibility index (Phi) is 13.6. The molecule has 1 rings (SSSR count). The Morgan fingerprint density at radius 1 is 1.54 bits per heavy atom. The summed E-state index contributed by atoms with van der Waals surface area (Å²) >= 11 is 5.30. The smallest absolute Gasteiger partial charge is 0.170 e. The fraction of sp³-hybridized carbons (Fsp3) is 0.556. The first-order valence-corrected chi connectivity index (χ1v) is 5.66. The summed E-state index contributed by atoms with van der Waals surface area (Å²) in [7, 11) is 0. The van der Waals surface area contributed by atoms with Gasteiger partial charge in [-0.1, -0.05) is 34.1 Å². The van der Waals surface area contributed by atoms with Gasteiger partial charge in [0.1, 0.15) is 5.69 Å². The molecule has 0 bridgehead atoms. The summed E-state index contributed by atoms with van der Waals surface area (Å²) in [6.07, 6.45) is 1.94. The zero-order chi connectivity index (χ0) is 10.7. The molecule has 0 aliphatic carbocycles. The highest BCUT2D eigenvalue weighted by molar-refractivity contribution is 7.82. The normalized spacial score (nSPS) is 7.46. The van der Waals surface area contributed by atoms with Crippen molar-refractivity contribution in [2.75, 3.05) is 0 Å². The van der Waals surface area contributed by atoms with E-state index in [0.717, 1.165) is 0 Å². The highest BCUT2D eigenvalue weighted by Gasteiger charge is 1.96. The standard InChI is InChI=1S/C4H3NOS2.C3H8.C2H6/c6-1-3-4(7)8-2-5-3;1-3-2;1-2/h1-2,7H;3H2,1-2H3;1-2H3. The van der Waals surface area contributed by atoms with Crippen molar-refractivity contribution in [1.29, 1.82) is 0 Å². The van der Waals surface area contributed by atoms with Gasteiger partial charge < -0.3 is 0 Å². The van der Waals surface area contributed by atoms with Gasteiger partial charge in [0.2, 0.25) is 0 Å². The molecular formula is C9H17NOS2. The molecule has 76 valence electrons. The van der Waals surface area contributed by atoms with E-state index in [2.05, 4.69) is 31.5 Å². The summed E-state index contributed by atoms with van der Waals surface area (Å²) in [4.78, 5) is 13.7. The Hall–Kier alpha value is -0.350. The SMILES string of the molecule is CC.CCC.O=Cc1ncsc1S. The topological polar surface area (TPSA) is 30.0 Å². The average Bonchev–Trinajstić information content (AvgIpc) is 2.56. The van der Waals surface area contributed by atoms with Crippen LogP contribution in [0.2, 0.25) is 0 Å². The predicted octanol–water partition coefficient (Wildman–Crippen LogP) is 3.69. The molecule has 0 unspecified atom stereocenters. The molecule has 0 saturated heterocycles. The summed E-state index contributed by atoms with van der Waals surface area (Å²) < 4.78 is 0.681. The molecule has 0 aromatic carbocycles. The van der Waals surface area contributed by atoms with Crippen LogP contribution < -0.4 is 0 Å². The number of nitrogens with zero attached hydrogens (tertiary/aromatic N) is 1. The quantitative estimate of drug-likeness (QED) is 0.577. The lowest BCUT2D eigenvalue weighted by molar-refractivity contribution is 0.111. The summed E-state index contributed by atoms with van der Waals surface area (Å²) in [6, 6.07) is 0. The number of aldehydes is 1. The molecule has 0 fully saturated rings. The second kappa shape index (κ2) is 11.6. The first kappa shape index (κ1) is 15.1. The molecular weight excluding hydrogens is 202 g/mol. The molecule has 0 N–H and O–H groups in total. The zero-order valence-corrected chi connectivity index (χ0v) is 10.3. The Morgan fingerprint density at radius 3 is 2.15 bits per heavy atom. The zero-order valence-electron chi connectivity index (χ0n) is 8.57. The van der Waals surface area contributed by atoms with Gasteiger partial charge in [0, 0.05) is 0 Å². The van der Waals surface area contributed by atoms with E-state index in [1.807, 2.05) is 13.8 Å². The van der Waals surface area contributed by atoms with Crippen molar-refractivity contribution in [3.8, 4) is 0 Å². The van der Waals surface area contributed by atoms with Crippen LogP contribution in [0.3, 0.4) is 0 Å². The minimum atomic E-state index is 0.429. The second-order valence-corrected chi connectivity index (χ2v) is 3.47. The molecule has 0 saturated carbocycles. The van der Waals surface area contributed by atoms with Crippen molar-refractivity contribution in [3.05, 3.63) is 11.2 Å². The number of carbonyl (C=O) groups is 1. The maximum atomic E-state index is 9.98. The van der Waals surface area contributed by atoms with Crippen molar-refractivity contribution in [2.24, 2.45) is 0 Å². The molecule has 0 radical (unpaired) electrons. The third kappa shape index (κ3) is 7.99. The fourth-order valence-electron chi connectivity index (χ4n) is 0.329. The van der Waals surface area contributed by atoms with Crippen LogP contribution in [0.15, 0.2) is 9.72 Å². The van der Waals surface area contributed by atoms with Gasteiger partial charge in [-0.25, -0.2) is 4.98 Å². The molecule has 0 amide bonds. The van der Waals surface area contributed by atoms with Crippen LogP contribution >= 0.6 is 24.0 Å². The Bertz CT molecular complexity index is 211. The Balaban J connectivity index is 0. The lowest BCUT2D eigenvalue weighted by Crippen LogP contribution is -1.76. The van der Waals surface area contributed by atoms with Crippen LogP contribution in [0.4, 0.5) is 0 Å². The second-order valence-electron chi connectivity index (χ2n) is 1.87. The minimum absolute atomic E-state index is 0.429. The lowest BCUT2D eigenvalue weighted by atomic mass is 10.6. The highest BCUT2D eigenvalue weighted by atomic mass is 32.2. The number of carbonyl (C=O) groups excluding carboxylic acids is 1. The number of thiazole rings is 1. The molecule has 0 spiro atoms. The van der Waals surface area contributed by atoms with E-state index in [1.54, 1.807) is 5.51 Å². The van der Waals surface area contributed by atoms with Gasteiger partial charge in [0.05, 0.1) is 9.72 Å². The third-order valence-electron chi connectivity index (χ3n) is 0.687. The van der Waals surface area contributed by atoms with Crippen molar-refractivity contribution < 1.29 is 4.79 Å². The van der Waals surface area contributed by atoms with E-state index in [4.69, 9.17) is 0 Å². The first-order valence-electron chi connectivity index (χ1n) is 4.33. The van der Waals surface area contributed by atoms with Crippen LogP contribution in [-0.4, -0.2) is 11.3 Å². The summed E-state index contributed by atoms with van der Waals surface area (Å²) in [6.45, 7) is 8.25. The van der Waals surface area contributed by atoms with Crippen LogP contribution in [-0.2, 0) is 0 Å². The van der Waals surface area contributed by atoms with E-state index in [0.29, 0.717) is 16.2 Å². The third-order valence-corrected chi connectivity index (χ3v) is 1.88. The number of rotatable bonds is 1. The fourth-order valence-corrected chi connectivity index (χ4v) is 1.07. The van der Waals surface area contributed by atoms with Crippen molar-refractivity contribution in [1.82, 2.24) is 4.98 Å². The van der Waals surface area contributed by atoms with Gasteiger partial charge in [-0.2, -0.15) is 0 Å². The Morgan fingerprint density at radius 2 is 2.00 bits per heavy atom. The number of hydrogen-bond donors (Lipinski definition) is 1. The lowest BCUT2D eigenvalue weighted by Gasteiger charge is -1.76. The maximum Gasteiger partial charge on any atom is 0.170 e. The summed E-state index contributed by atoms with van der Waals surface area (Å²) in [5.41, 5.74) is 2.02. The molecule has 1 aromatic rings. The number of hydrogen-bond acceptors (Lipinski definition) is 4. The van der Waals surface area contributed by atoms with Gasteiger partial charge in [-0.3, -0.25) is 4.79 Å². The molecule has 0 aliphatic heterocycles. The van der Waals surface area contributed by atoms with Gasteiger partial charge in [-0.15, -0.1) is 24.0 Å². The van der Waals surface area contributed by atoms with Gasteiger partial charge in [0.15, 0.2) is 6.29 Å². The summed E-state index contributed by atoms with van der Waals surface area (Å²) in [5, 5.41) is 0. The summed E-state index contributed by atoms with van der Waals surface area (Å²) in [5.74, 6) is 0. The van der Waals surface area contributed by atoms with Gasteiger partial charge in [0.25, 0.3) is 0 Å². The molecule has 13 heavy (non-hydrogen) atoms. The molecule has 0 atom stereocenters.